The van der Waals surface area contributed by atoms with Gasteiger partial charge in [-0.3, -0.25) is 14.7 Å². The van der Waals surface area contributed by atoms with Crippen LogP contribution in [0.4, 0.5) is 13.2 Å². The number of benzene rings is 1. The summed E-state index contributed by atoms with van der Waals surface area (Å²) in [5.74, 6) is 0.104. The van der Waals surface area contributed by atoms with E-state index in [4.69, 9.17) is 0 Å². The van der Waals surface area contributed by atoms with Gasteiger partial charge in [0.15, 0.2) is 0 Å². The number of alkyl halides is 3. The Hall–Kier alpha value is -2.41. The van der Waals surface area contributed by atoms with Crippen molar-refractivity contribution in [2.45, 2.75) is 50.4 Å². The van der Waals surface area contributed by atoms with Gasteiger partial charge in [-0.25, -0.2) is 0 Å². The van der Waals surface area contributed by atoms with Crippen LogP contribution in [0.2, 0.25) is 0 Å². The van der Waals surface area contributed by atoms with Crippen molar-refractivity contribution in [1.82, 2.24) is 15.2 Å². The number of aromatic nitrogens is 1. The van der Waals surface area contributed by atoms with Crippen LogP contribution in [-0.2, 0) is 11.0 Å². The van der Waals surface area contributed by atoms with Crippen molar-refractivity contribution in [2.24, 2.45) is 0 Å². The smallest absolute Gasteiger partial charge is 0.354 e. The van der Waals surface area contributed by atoms with Gasteiger partial charge in [-0.15, -0.1) is 0 Å². The van der Waals surface area contributed by atoms with Gasteiger partial charge in [-0.2, -0.15) is 13.2 Å². The van der Waals surface area contributed by atoms with E-state index in [1.54, 1.807) is 12.3 Å². The topological polar surface area (TPSA) is 45.2 Å². The number of carbonyl (C=O) groups is 1. The highest BCUT2D eigenvalue weighted by atomic mass is 19.4. The molecular formula is C22H24F3N3O. The zero-order chi connectivity index (χ0) is 20.6. The van der Waals surface area contributed by atoms with E-state index < -0.39 is 17.3 Å². The van der Waals surface area contributed by atoms with E-state index in [1.807, 2.05) is 6.07 Å². The number of hydrogen-bond acceptors (Lipinski definition) is 3. The van der Waals surface area contributed by atoms with Crippen molar-refractivity contribution in [1.29, 1.82) is 0 Å². The Kier molecular flexibility index (Phi) is 5.11. The molecule has 2 saturated heterocycles. The summed E-state index contributed by atoms with van der Waals surface area (Å²) in [6.45, 7) is 3.52. The van der Waals surface area contributed by atoms with Crippen LogP contribution in [-0.4, -0.2) is 34.4 Å². The van der Waals surface area contributed by atoms with Gasteiger partial charge in [0.1, 0.15) is 5.54 Å². The lowest BCUT2D eigenvalue weighted by atomic mass is 9.86. The van der Waals surface area contributed by atoms with Gasteiger partial charge in [0.25, 0.3) is 0 Å². The maximum absolute atomic E-state index is 12.8. The SMILES string of the molecule is CCN1C(c2cc(-c3ccc(C(F)(F)F)cc3)ccn2)CCC12CCCNC2=O. The molecule has 2 unspecified atom stereocenters. The number of amides is 1. The fraction of sp³-hybridized carbons (Fsp3) is 0.455. The number of hydrogen-bond donors (Lipinski definition) is 1. The normalized spacial score (nSPS) is 25.4. The molecule has 2 aliphatic heterocycles. The van der Waals surface area contributed by atoms with Crippen molar-refractivity contribution in [3.63, 3.8) is 0 Å². The number of likely N-dealkylation sites (tertiary alicyclic amines) is 1. The van der Waals surface area contributed by atoms with Crippen LogP contribution in [0.5, 0.6) is 0 Å². The number of rotatable bonds is 3. The van der Waals surface area contributed by atoms with Crippen molar-refractivity contribution in [3.8, 4) is 11.1 Å². The lowest BCUT2D eigenvalue weighted by Crippen LogP contribution is -2.58. The highest BCUT2D eigenvalue weighted by Gasteiger charge is 2.52. The lowest BCUT2D eigenvalue weighted by molar-refractivity contribution is -0.137. The highest BCUT2D eigenvalue weighted by molar-refractivity contribution is 5.87. The molecule has 1 aromatic carbocycles. The molecule has 1 amide bonds. The first kappa shape index (κ1) is 19.9. The Labute approximate surface area is 168 Å². The third-order valence-corrected chi connectivity index (χ3v) is 6.24. The van der Waals surface area contributed by atoms with Gasteiger partial charge < -0.3 is 5.32 Å². The predicted molar refractivity (Wildman–Crippen MR) is 104 cm³/mol. The van der Waals surface area contributed by atoms with E-state index in [9.17, 15) is 18.0 Å². The molecule has 2 aliphatic rings. The van der Waals surface area contributed by atoms with E-state index in [0.29, 0.717) is 5.56 Å². The monoisotopic (exact) mass is 403 g/mol. The third kappa shape index (κ3) is 3.52. The molecule has 4 nitrogen and oxygen atoms in total. The summed E-state index contributed by atoms with van der Waals surface area (Å²) in [4.78, 5) is 19.5. The second kappa shape index (κ2) is 7.44. The first-order valence-electron chi connectivity index (χ1n) is 10.0. The lowest BCUT2D eigenvalue weighted by Gasteiger charge is -2.41. The molecule has 1 spiro atoms. The Morgan fingerprint density at radius 2 is 1.93 bits per heavy atom. The average Bonchev–Trinajstić information content (AvgIpc) is 3.09. The Bertz CT molecular complexity index is 897. The van der Waals surface area contributed by atoms with Crippen LogP contribution >= 0.6 is 0 Å². The van der Waals surface area contributed by atoms with Gasteiger partial charge in [-0.05, 0) is 67.6 Å². The van der Waals surface area contributed by atoms with Gasteiger partial charge in [0.05, 0.1) is 17.3 Å². The summed E-state index contributed by atoms with van der Waals surface area (Å²) in [6.07, 6.45) is 0.800. The van der Waals surface area contributed by atoms with Crippen molar-refractivity contribution < 1.29 is 18.0 Å². The standard InChI is InChI=1S/C22H24F3N3O/c1-2-28-19(8-11-21(28)10-3-12-27-20(21)29)18-14-16(9-13-26-18)15-4-6-17(7-5-15)22(23,24)25/h4-7,9,13-14,19H,2-3,8,10-12H2,1H3,(H,27,29). The van der Waals surface area contributed by atoms with Crippen LogP contribution in [0.3, 0.4) is 0 Å². The van der Waals surface area contributed by atoms with E-state index in [1.165, 1.54) is 12.1 Å². The molecule has 2 aromatic rings. The molecule has 0 saturated carbocycles. The van der Waals surface area contributed by atoms with Gasteiger partial charge in [0, 0.05) is 12.7 Å². The Balaban J connectivity index is 1.63. The number of carbonyl (C=O) groups excluding carboxylic acids is 1. The minimum absolute atomic E-state index is 0.0262. The summed E-state index contributed by atoms with van der Waals surface area (Å²) in [7, 11) is 0. The molecular weight excluding hydrogens is 379 g/mol. The van der Waals surface area contributed by atoms with Crippen LogP contribution < -0.4 is 5.32 Å². The molecule has 2 fully saturated rings. The number of halogens is 3. The van der Waals surface area contributed by atoms with E-state index >= 15 is 0 Å². The first-order chi connectivity index (χ1) is 13.8. The largest absolute Gasteiger partial charge is 0.416 e. The summed E-state index contributed by atoms with van der Waals surface area (Å²) in [6, 6.07) is 8.96. The number of nitrogens with one attached hydrogen (secondary N) is 1. The molecule has 29 heavy (non-hydrogen) atoms. The number of pyridine rings is 1. The second-order valence-electron chi connectivity index (χ2n) is 7.78. The summed E-state index contributed by atoms with van der Waals surface area (Å²) in [5.41, 5.74) is 1.28. The summed E-state index contributed by atoms with van der Waals surface area (Å²) >= 11 is 0. The summed E-state index contributed by atoms with van der Waals surface area (Å²) in [5, 5.41) is 3.01. The van der Waals surface area contributed by atoms with Gasteiger partial charge in [-0.1, -0.05) is 19.1 Å². The van der Waals surface area contributed by atoms with E-state index in [2.05, 4.69) is 22.1 Å². The van der Waals surface area contributed by atoms with Crippen LogP contribution in [0.15, 0.2) is 42.6 Å². The van der Waals surface area contributed by atoms with Crippen LogP contribution in [0.25, 0.3) is 11.1 Å². The quantitative estimate of drug-likeness (QED) is 0.816. The minimum Gasteiger partial charge on any atom is -0.354 e. The fourth-order valence-electron chi connectivity index (χ4n) is 4.84. The molecule has 0 bridgehead atoms. The minimum atomic E-state index is -4.34. The molecule has 4 rings (SSSR count). The summed E-state index contributed by atoms with van der Waals surface area (Å²) < 4.78 is 38.5. The van der Waals surface area contributed by atoms with E-state index in [-0.39, 0.29) is 11.9 Å². The first-order valence-corrected chi connectivity index (χ1v) is 10.0. The third-order valence-electron chi connectivity index (χ3n) is 6.24. The molecule has 0 aliphatic carbocycles. The zero-order valence-electron chi connectivity index (χ0n) is 16.3. The molecule has 3 heterocycles. The average molecular weight is 403 g/mol. The molecule has 1 N–H and O–H groups in total. The van der Waals surface area contributed by atoms with Crippen molar-refractivity contribution in [2.75, 3.05) is 13.1 Å². The van der Waals surface area contributed by atoms with Crippen molar-refractivity contribution in [3.05, 3.63) is 53.9 Å². The Morgan fingerprint density at radius 3 is 2.59 bits per heavy atom. The van der Waals surface area contributed by atoms with Gasteiger partial charge in [0.2, 0.25) is 5.91 Å². The van der Waals surface area contributed by atoms with Crippen LogP contribution in [0, 0.1) is 0 Å². The zero-order valence-corrected chi connectivity index (χ0v) is 16.3. The maximum Gasteiger partial charge on any atom is 0.416 e. The number of nitrogens with zero attached hydrogens (tertiary/aromatic N) is 2. The Morgan fingerprint density at radius 1 is 1.17 bits per heavy atom. The number of likely N-dealkylation sites (N-methyl/N-ethyl adjacent to an activating group) is 1. The molecule has 0 radical (unpaired) electrons. The molecule has 154 valence electrons. The highest BCUT2D eigenvalue weighted by Crippen LogP contribution is 2.46. The van der Waals surface area contributed by atoms with E-state index in [0.717, 1.165) is 62.2 Å². The second-order valence-corrected chi connectivity index (χ2v) is 7.78. The predicted octanol–water partition coefficient (Wildman–Crippen LogP) is 4.57. The maximum atomic E-state index is 12.8. The van der Waals surface area contributed by atoms with Crippen LogP contribution in [0.1, 0.15) is 49.9 Å². The molecule has 1 aromatic heterocycles. The number of piperidine rings is 1. The fourth-order valence-corrected chi connectivity index (χ4v) is 4.84. The van der Waals surface area contributed by atoms with Crippen molar-refractivity contribution >= 4 is 5.91 Å². The molecule has 7 heteroatoms. The van der Waals surface area contributed by atoms with Gasteiger partial charge >= 0.3 is 6.18 Å². The molecule has 2 atom stereocenters.